The van der Waals surface area contributed by atoms with Gasteiger partial charge in [0, 0.05) is 73.7 Å². The Morgan fingerprint density at radius 1 is 0.220 bits per heavy atom. The molecule has 1 aliphatic carbocycles. The Morgan fingerprint density at radius 2 is 0.451 bits per heavy atom. The Balaban J connectivity index is 0.878. The number of para-hydroxylation sites is 4. The fraction of sp³-hybridized carbons (Fsp3) is 0.0769. The maximum atomic E-state index is 2.48. The molecule has 0 aromatic heterocycles. The van der Waals surface area contributed by atoms with Gasteiger partial charge in [-0.1, -0.05) is 197 Å². The zero-order valence-electron chi connectivity index (χ0n) is 46.6. The molecule has 0 heterocycles. The van der Waals surface area contributed by atoms with E-state index in [9.17, 15) is 0 Å². The van der Waals surface area contributed by atoms with Gasteiger partial charge < -0.3 is 19.6 Å². The molecule has 0 fully saturated rings. The fourth-order valence-electron chi connectivity index (χ4n) is 12.5. The zero-order chi connectivity index (χ0) is 55.5. The number of hydrogen-bond donors (Lipinski definition) is 0. The lowest BCUT2D eigenvalue weighted by Gasteiger charge is -2.32. The molecule has 1 aliphatic rings. The van der Waals surface area contributed by atoms with Gasteiger partial charge in [-0.25, -0.2) is 0 Å². The van der Waals surface area contributed by atoms with Gasteiger partial charge in [-0.2, -0.15) is 0 Å². The maximum Gasteiger partial charge on any atom is 0.0464 e. The van der Waals surface area contributed by atoms with Crippen LogP contribution in [0.1, 0.15) is 43.9 Å². The number of fused-ring (bicyclic) bond motifs is 1. The van der Waals surface area contributed by atoms with Crippen LogP contribution in [0.3, 0.4) is 0 Å². The fourth-order valence-corrected chi connectivity index (χ4v) is 12.5. The van der Waals surface area contributed by atoms with Crippen LogP contribution in [0.5, 0.6) is 0 Å². The second-order valence-corrected chi connectivity index (χ2v) is 22.2. The number of benzene rings is 12. The van der Waals surface area contributed by atoms with E-state index in [2.05, 4.69) is 362 Å². The molecule has 0 saturated carbocycles. The molecule has 1 unspecified atom stereocenters. The summed E-state index contributed by atoms with van der Waals surface area (Å²) in [5.41, 5.74) is 21.6. The molecule has 396 valence electrons. The molecule has 4 heteroatoms. The average Bonchev–Trinajstić information content (AvgIpc) is 2.86. The van der Waals surface area contributed by atoms with Gasteiger partial charge in [0.1, 0.15) is 0 Å². The van der Waals surface area contributed by atoms with Crippen LogP contribution in [0, 0.1) is 0 Å². The van der Waals surface area contributed by atoms with Crippen LogP contribution in [-0.4, -0.2) is 0 Å². The Labute approximate surface area is 483 Å². The van der Waals surface area contributed by atoms with E-state index >= 15 is 0 Å². The van der Waals surface area contributed by atoms with Gasteiger partial charge in [-0.3, -0.25) is 0 Å². The molecule has 0 amide bonds. The monoisotopic (exact) mass is 1060 g/mol. The molecule has 12 aromatic carbocycles. The van der Waals surface area contributed by atoms with Gasteiger partial charge in [0.2, 0.25) is 0 Å². The van der Waals surface area contributed by atoms with E-state index in [1.54, 1.807) is 0 Å². The smallest absolute Gasteiger partial charge is 0.0464 e. The summed E-state index contributed by atoms with van der Waals surface area (Å²) in [6.45, 7) is 7.28. The minimum absolute atomic E-state index is 0.0644. The first kappa shape index (κ1) is 51.3. The van der Waals surface area contributed by atoms with E-state index in [-0.39, 0.29) is 10.8 Å². The number of anilines is 12. The highest BCUT2D eigenvalue weighted by molar-refractivity contribution is 5.85. The van der Waals surface area contributed by atoms with Crippen molar-refractivity contribution in [1.29, 1.82) is 0 Å². The minimum Gasteiger partial charge on any atom is -0.311 e. The second kappa shape index (κ2) is 22.2. The minimum atomic E-state index is -0.284. The van der Waals surface area contributed by atoms with E-state index in [1.807, 2.05) is 0 Å². The van der Waals surface area contributed by atoms with E-state index in [1.165, 1.54) is 38.9 Å². The Hall–Kier alpha value is -10.2. The lowest BCUT2D eigenvalue weighted by Crippen LogP contribution is -2.23. The summed E-state index contributed by atoms with van der Waals surface area (Å²) in [7, 11) is 0. The molecule has 0 saturated heterocycles. The highest BCUT2D eigenvalue weighted by Crippen LogP contribution is 2.55. The van der Waals surface area contributed by atoms with Crippen molar-refractivity contribution in [3.63, 3.8) is 0 Å². The first-order valence-electron chi connectivity index (χ1n) is 28.4. The molecule has 1 atom stereocenters. The first-order chi connectivity index (χ1) is 40.3. The van der Waals surface area contributed by atoms with Gasteiger partial charge in [0.15, 0.2) is 0 Å². The summed E-state index contributed by atoms with van der Waals surface area (Å²) in [6, 6.07) is 116. The van der Waals surface area contributed by atoms with Crippen molar-refractivity contribution in [3.8, 4) is 22.3 Å². The molecular formula is C78H64N4. The normalized spacial score (nSPS) is 14.1. The highest BCUT2D eigenvalue weighted by Gasteiger charge is 2.46. The molecule has 0 spiro atoms. The van der Waals surface area contributed by atoms with Crippen molar-refractivity contribution in [2.24, 2.45) is 0 Å². The van der Waals surface area contributed by atoms with Crippen molar-refractivity contribution >= 4 is 68.2 Å². The van der Waals surface area contributed by atoms with Crippen molar-refractivity contribution in [2.45, 2.75) is 38.0 Å². The quantitative estimate of drug-likeness (QED) is 0.101. The maximum absolute atomic E-state index is 2.48. The van der Waals surface area contributed by atoms with Gasteiger partial charge >= 0.3 is 0 Å². The van der Waals surface area contributed by atoms with Gasteiger partial charge in [-0.05, 0) is 196 Å². The lowest BCUT2D eigenvalue weighted by atomic mass is 9.75. The number of hydrogen-bond acceptors (Lipinski definition) is 4. The van der Waals surface area contributed by atoms with Gasteiger partial charge in [-0.15, -0.1) is 0 Å². The van der Waals surface area contributed by atoms with Crippen molar-refractivity contribution in [3.05, 3.63) is 338 Å². The van der Waals surface area contributed by atoms with E-state index in [0.29, 0.717) is 0 Å². The van der Waals surface area contributed by atoms with Crippen LogP contribution >= 0.6 is 0 Å². The molecule has 0 N–H and O–H groups in total. The SMILES string of the molecule is CC1(C)CC(C)(c2ccc(N(c3ccc(-c4ccccc4)cc3)c3ccc(N(c4ccccc4)c4ccccc4)cc3)cc2)c2cc(N(c3ccc(-c4ccccc4)cc3)c3ccc(N(c4ccccc4)c4ccccc4)cc3)ccc21. The Bertz CT molecular complexity index is 3960. The van der Waals surface area contributed by atoms with E-state index in [0.717, 1.165) is 74.7 Å². The first-order valence-corrected chi connectivity index (χ1v) is 28.4. The third-order valence-electron chi connectivity index (χ3n) is 16.4. The second-order valence-electron chi connectivity index (χ2n) is 22.2. The third kappa shape index (κ3) is 10.1. The largest absolute Gasteiger partial charge is 0.311 e. The standard InChI is InChI=1S/C78H64N4/c1-77(2)57-78(3,62-38-44-69(45-39-62)81(67-40-34-60(35-41-67)58-22-10-4-11-23-58)72-48-46-70(47-49-72)79(63-26-14-6-15-27-63)64-28-16-7-17-29-64)76-56-74(54-55-75(76)77)82(68-42-36-61(37-43-68)59-24-12-5-13-25-59)73-52-50-71(51-53-73)80(65-30-18-8-19-31-65)66-32-20-9-21-33-66/h4-56H,57H2,1-3H3. The molecule has 82 heavy (non-hydrogen) atoms. The van der Waals surface area contributed by atoms with Gasteiger partial charge in [0.25, 0.3) is 0 Å². The average molecular weight is 1060 g/mol. The predicted octanol–water partition coefficient (Wildman–Crippen LogP) is 21.9. The third-order valence-corrected chi connectivity index (χ3v) is 16.4. The molecule has 4 nitrogen and oxygen atoms in total. The van der Waals surface area contributed by atoms with Crippen LogP contribution in [-0.2, 0) is 10.8 Å². The topological polar surface area (TPSA) is 13.0 Å². The van der Waals surface area contributed by atoms with Crippen LogP contribution in [0.15, 0.2) is 322 Å². The summed E-state index contributed by atoms with van der Waals surface area (Å²) in [5.74, 6) is 0. The molecule has 0 aliphatic heterocycles. The molecule has 12 aromatic rings. The number of nitrogens with zero attached hydrogens (tertiary/aromatic N) is 4. The van der Waals surface area contributed by atoms with Gasteiger partial charge in [0.05, 0.1) is 0 Å². The van der Waals surface area contributed by atoms with E-state index < -0.39 is 0 Å². The van der Waals surface area contributed by atoms with Crippen LogP contribution in [0.4, 0.5) is 68.2 Å². The summed E-state index contributed by atoms with van der Waals surface area (Å²) < 4.78 is 0. The Morgan fingerprint density at radius 3 is 0.768 bits per heavy atom. The van der Waals surface area contributed by atoms with Crippen molar-refractivity contribution in [2.75, 3.05) is 19.6 Å². The zero-order valence-corrected chi connectivity index (χ0v) is 46.6. The summed E-state index contributed by atoms with van der Waals surface area (Å²) >= 11 is 0. The highest BCUT2D eigenvalue weighted by atomic mass is 15.2. The van der Waals surface area contributed by atoms with E-state index in [4.69, 9.17) is 0 Å². The van der Waals surface area contributed by atoms with Crippen LogP contribution < -0.4 is 19.6 Å². The summed E-state index contributed by atoms with van der Waals surface area (Å²) in [4.78, 5) is 9.44. The summed E-state index contributed by atoms with van der Waals surface area (Å²) in [5, 5.41) is 0. The molecule has 13 rings (SSSR count). The van der Waals surface area contributed by atoms with Crippen molar-refractivity contribution in [1.82, 2.24) is 0 Å². The molecule has 0 bridgehead atoms. The van der Waals surface area contributed by atoms with Crippen LogP contribution in [0.25, 0.3) is 22.3 Å². The predicted molar refractivity (Wildman–Crippen MR) is 347 cm³/mol. The lowest BCUT2D eigenvalue weighted by molar-refractivity contribution is 0.425. The molecule has 0 radical (unpaired) electrons. The summed E-state index contributed by atoms with van der Waals surface area (Å²) in [6.07, 6.45) is 0.971. The Kier molecular flexibility index (Phi) is 13.9. The van der Waals surface area contributed by atoms with Crippen molar-refractivity contribution < 1.29 is 0 Å². The molecular weight excluding hydrogens is 993 g/mol. The number of rotatable bonds is 15. The van der Waals surface area contributed by atoms with Crippen LogP contribution in [0.2, 0.25) is 0 Å².